The van der Waals surface area contributed by atoms with Crippen molar-refractivity contribution in [2.24, 2.45) is 0 Å². The van der Waals surface area contributed by atoms with Gasteiger partial charge in [-0.25, -0.2) is 4.98 Å². The van der Waals surface area contributed by atoms with Gasteiger partial charge in [0.1, 0.15) is 5.15 Å². The van der Waals surface area contributed by atoms with Gasteiger partial charge in [-0.05, 0) is 18.6 Å². The van der Waals surface area contributed by atoms with Gasteiger partial charge in [-0.15, -0.1) is 0 Å². The van der Waals surface area contributed by atoms with Gasteiger partial charge in [0.2, 0.25) is 0 Å². The first-order valence-corrected chi connectivity index (χ1v) is 7.06. The van der Waals surface area contributed by atoms with Crippen molar-refractivity contribution in [2.45, 2.75) is 26.1 Å². The molecule has 2 aromatic rings. The second-order valence-corrected chi connectivity index (χ2v) is 5.23. The molecule has 20 heavy (non-hydrogen) atoms. The number of aliphatic hydroxyl groups is 1. The zero-order valence-electron chi connectivity index (χ0n) is 11.5. The van der Waals surface area contributed by atoms with Crippen LogP contribution in [0, 0.1) is 0 Å². The van der Waals surface area contributed by atoms with Gasteiger partial charge >= 0.3 is 0 Å². The lowest BCUT2D eigenvalue weighted by molar-refractivity contribution is 0.121. The van der Waals surface area contributed by atoms with Crippen LogP contribution in [-0.4, -0.2) is 27.6 Å². The first-order chi connectivity index (χ1) is 9.70. The van der Waals surface area contributed by atoms with Crippen molar-refractivity contribution >= 4 is 11.6 Å². The molecule has 1 N–H and O–H groups in total. The third-order valence-electron chi connectivity index (χ3n) is 3.33. The number of hydrogen-bond donors (Lipinski definition) is 1. The average molecular weight is 291 g/mol. The Morgan fingerprint density at radius 2 is 1.90 bits per heavy atom. The highest BCUT2D eigenvalue weighted by Gasteiger charge is 2.15. The molecule has 0 saturated carbocycles. The highest BCUT2D eigenvalue weighted by Crippen LogP contribution is 2.18. The molecule has 0 bridgehead atoms. The molecule has 0 spiro atoms. The van der Waals surface area contributed by atoms with Crippen molar-refractivity contribution in [2.75, 3.05) is 6.61 Å². The minimum Gasteiger partial charge on any atom is -0.395 e. The maximum absolute atomic E-state index is 9.44. The van der Waals surface area contributed by atoms with E-state index < -0.39 is 0 Å². The molecule has 0 aliphatic heterocycles. The Balaban J connectivity index is 2.14. The first-order valence-electron chi connectivity index (χ1n) is 6.69. The van der Waals surface area contributed by atoms with Crippen LogP contribution in [0.15, 0.2) is 48.7 Å². The third kappa shape index (κ3) is 4.04. The van der Waals surface area contributed by atoms with Gasteiger partial charge in [-0.3, -0.25) is 4.90 Å². The van der Waals surface area contributed by atoms with E-state index in [0.717, 1.165) is 12.1 Å². The Labute approximate surface area is 124 Å². The first kappa shape index (κ1) is 15.0. The molecule has 2 rings (SSSR count). The van der Waals surface area contributed by atoms with Gasteiger partial charge < -0.3 is 5.11 Å². The topological polar surface area (TPSA) is 36.4 Å². The normalized spacial score (nSPS) is 12.6. The molecular formula is C16H19ClN2O. The van der Waals surface area contributed by atoms with Crippen LogP contribution in [0.4, 0.5) is 0 Å². The van der Waals surface area contributed by atoms with Crippen LogP contribution < -0.4 is 0 Å². The molecule has 0 amide bonds. The summed E-state index contributed by atoms with van der Waals surface area (Å²) in [7, 11) is 0. The minimum absolute atomic E-state index is 0.0616. The summed E-state index contributed by atoms with van der Waals surface area (Å²) in [4.78, 5) is 6.29. The highest BCUT2D eigenvalue weighted by atomic mass is 35.5. The molecule has 3 nitrogen and oxygen atoms in total. The van der Waals surface area contributed by atoms with Crippen molar-refractivity contribution in [3.05, 3.63) is 64.9 Å². The zero-order chi connectivity index (χ0) is 14.4. The molecule has 4 heteroatoms. The molecule has 1 atom stereocenters. The highest BCUT2D eigenvalue weighted by molar-refractivity contribution is 6.30. The van der Waals surface area contributed by atoms with Crippen LogP contribution in [0.3, 0.4) is 0 Å². The zero-order valence-corrected chi connectivity index (χ0v) is 12.3. The van der Waals surface area contributed by atoms with Crippen molar-refractivity contribution in [3.8, 4) is 0 Å². The number of halogens is 1. The number of benzene rings is 1. The standard InChI is InChI=1S/C16H19ClN2O/c1-13(12-20)19(10-14-6-3-2-4-7-14)11-15-8-5-9-18-16(15)17/h2-9,13,20H,10-12H2,1H3/t13-/m1/s1. The Morgan fingerprint density at radius 3 is 2.55 bits per heavy atom. The number of aromatic nitrogens is 1. The van der Waals surface area contributed by atoms with E-state index in [-0.39, 0.29) is 12.6 Å². The van der Waals surface area contributed by atoms with Crippen LogP contribution in [0.1, 0.15) is 18.1 Å². The fourth-order valence-electron chi connectivity index (χ4n) is 2.06. The number of aliphatic hydroxyl groups excluding tert-OH is 1. The van der Waals surface area contributed by atoms with Crippen molar-refractivity contribution in [1.29, 1.82) is 0 Å². The van der Waals surface area contributed by atoms with Gasteiger partial charge in [-0.1, -0.05) is 48.0 Å². The Bertz CT molecular complexity index is 533. The van der Waals surface area contributed by atoms with Crippen LogP contribution in [0.25, 0.3) is 0 Å². The summed E-state index contributed by atoms with van der Waals surface area (Å²) >= 11 is 6.12. The summed E-state index contributed by atoms with van der Waals surface area (Å²) in [6.07, 6.45) is 1.68. The Hall–Kier alpha value is -1.42. The fraction of sp³-hybridized carbons (Fsp3) is 0.312. The smallest absolute Gasteiger partial charge is 0.133 e. The summed E-state index contributed by atoms with van der Waals surface area (Å²) in [6.45, 7) is 3.56. The summed E-state index contributed by atoms with van der Waals surface area (Å²) in [6, 6.07) is 14.1. The van der Waals surface area contributed by atoms with Crippen LogP contribution in [0.2, 0.25) is 5.15 Å². The average Bonchev–Trinajstić information content (AvgIpc) is 2.49. The number of rotatable bonds is 6. The largest absolute Gasteiger partial charge is 0.395 e. The molecule has 0 aliphatic carbocycles. The van der Waals surface area contributed by atoms with Gasteiger partial charge in [0.15, 0.2) is 0 Å². The van der Waals surface area contributed by atoms with Crippen molar-refractivity contribution in [1.82, 2.24) is 9.88 Å². The van der Waals surface area contributed by atoms with Crippen LogP contribution >= 0.6 is 11.6 Å². The number of nitrogens with zero attached hydrogens (tertiary/aromatic N) is 2. The summed E-state index contributed by atoms with van der Waals surface area (Å²) in [5.41, 5.74) is 2.19. The lowest BCUT2D eigenvalue weighted by atomic mass is 10.1. The molecule has 0 saturated heterocycles. The number of pyridine rings is 1. The Kier molecular flexibility index (Phi) is 5.53. The van der Waals surface area contributed by atoms with Crippen molar-refractivity contribution in [3.63, 3.8) is 0 Å². The molecule has 1 heterocycles. The summed E-state index contributed by atoms with van der Waals surface area (Å²) in [5, 5.41) is 9.96. The second kappa shape index (κ2) is 7.39. The SMILES string of the molecule is C[C@H](CO)N(Cc1ccccc1)Cc1cccnc1Cl. The van der Waals surface area contributed by atoms with E-state index in [1.807, 2.05) is 37.3 Å². The molecule has 0 unspecified atom stereocenters. The van der Waals surface area contributed by atoms with E-state index in [9.17, 15) is 5.11 Å². The quantitative estimate of drug-likeness (QED) is 0.831. The molecule has 0 radical (unpaired) electrons. The molecule has 0 aliphatic rings. The molecule has 106 valence electrons. The van der Waals surface area contributed by atoms with Gasteiger partial charge in [0.05, 0.1) is 6.61 Å². The van der Waals surface area contributed by atoms with Gasteiger partial charge in [0, 0.05) is 30.9 Å². The van der Waals surface area contributed by atoms with E-state index >= 15 is 0 Å². The van der Waals surface area contributed by atoms with Gasteiger partial charge in [-0.2, -0.15) is 0 Å². The maximum atomic E-state index is 9.44. The number of hydrogen-bond acceptors (Lipinski definition) is 3. The molecule has 1 aromatic carbocycles. The monoisotopic (exact) mass is 290 g/mol. The molecule has 1 aromatic heterocycles. The Morgan fingerprint density at radius 1 is 1.15 bits per heavy atom. The molecule has 0 fully saturated rings. The van der Waals surface area contributed by atoms with Gasteiger partial charge in [0.25, 0.3) is 0 Å². The van der Waals surface area contributed by atoms with Crippen LogP contribution in [0.5, 0.6) is 0 Å². The van der Waals surface area contributed by atoms with Crippen molar-refractivity contribution < 1.29 is 5.11 Å². The second-order valence-electron chi connectivity index (χ2n) is 4.88. The third-order valence-corrected chi connectivity index (χ3v) is 3.67. The molecular weight excluding hydrogens is 272 g/mol. The predicted octanol–water partition coefficient (Wildman–Crippen LogP) is 3.12. The minimum atomic E-state index is 0.0616. The lowest BCUT2D eigenvalue weighted by Gasteiger charge is -2.28. The van der Waals surface area contributed by atoms with E-state index in [2.05, 4.69) is 22.0 Å². The maximum Gasteiger partial charge on any atom is 0.133 e. The summed E-state index contributed by atoms with van der Waals surface area (Å²) < 4.78 is 0. The van der Waals surface area contributed by atoms with E-state index in [0.29, 0.717) is 11.7 Å². The summed E-state index contributed by atoms with van der Waals surface area (Å²) in [5.74, 6) is 0. The van der Waals surface area contributed by atoms with Crippen LogP contribution in [-0.2, 0) is 13.1 Å². The predicted molar refractivity (Wildman–Crippen MR) is 81.5 cm³/mol. The van der Waals surface area contributed by atoms with E-state index in [1.54, 1.807) is 6.20 Å². The van der Waals surface area contributed by atoms with E-state index in [4.69, 9.17) is 11.6 Å². The fourth-order valence-corrected chi connectivity index (χ4v) is 2.24. The van der Waals surface area contributed by atoms with E-state index in [1.165, 1.54) is 5.56 Å². The lowest BCUT2D eigenvalue weighted by Crippen LogP contribution is -2.34.